The molecule has 0 amide bonds. The number of hydrogen-bond acceptors (Lipinski definition) is 9. The Labute approximate surface area is 227 Å². The van der Waals surface area contributed by atoms with Crippen LogP contribution in [0.5, 0.6) is 0 Å². The lowest BCUT2D eigenvalue weighted by Crippen LogP contribution is -2.72. The van der Waals surface area contributed by atoms with Gasteiger partial charge in [0.1, 0.15) is 35.1 Å². The topological polar surface area (TPSA) is 135 Å². The summed E-state index contributed by atoms with van der Waals surface area (Å²) in [5, 5.41) is 24.0. The van der Waals surface area contributed by atoms with Gasteiger partial charge < -0.3 is 29.2 Å². The van der Waals surface area contributed by atoms with E-state index in [1.165, 1.54) is 19.1 Å². The van der Waals surface area contributed by atoms with E-state index < -0.39 is 70.0 Å². The summed E-state index contributed by atoms with van der Waals surface area (Å²) in [6.45, 7) is 10.9. The molecule has 9 heteroatoms. The number of allylic oxidation sites excluding steroid dienone is 1. The number of aliphatic hydroxyl groups is 2. The standard InChI is InChI=1S/C30H38O9/c1-13-11-19(37-25(34)14(13)2)15(3)29-24(39-29)23(36-16(4)31)28(35)18-12-22-30(38-22)21(33)8-7-20(32)27(30,6)17(18)9-10-26(28,29)5/h7-8,15,17-19,21-24,33,35H,9-12H2,1-6H3/t15-,17?,18?,19-,21+,22-,23+,24+,26+,27+,28-,29+,30-/m1/s1. The van der Waals surface area contributed by atoms with Crippen molar-refractivity contribution in [3.05, 3.63) is 23.3 Å². The molecule has 5 fully saturated rings. The van der Waals surface area contributed by atoms with Gasteiger partial charge in [-0.25, -0.2) is 4.79 Å². The van der Waals surface area contributed by atoms with Crippen molar-refractivity contribution in [3.63, 3.8) is 0 Å². The van der Waals surface area contributed by atoms with Gasteiger partial charge in [0.05, 0.1) is 11.5 Å². The van der Waals surface area contributed by atoms with Crippen molar-refractivity contribution in [2.24, 2.45) is 28.6 Å². The van der Waals surface area contributed by atoms with Crippen LogP contribution in [-0.2, 0) is 33.3 Å². The lowest BCUT2D eigenvalue weighted by Gasteiger charge is -2.62. The summed E-state index contributed by atoms with van der Waals surface area (Å²) in [4.78, 5) is 38.6. The van der Waals surface area contributed by atoms with Crippen LogP contribution >= 0.6 is 0 Å². The predicted molar refractivity (Wildman–Crippen MR) is 135 cm³/mol. The molecular weight excluding hydrogens is 504 g/mol. The Hall–Kier alpha value is -2.07. The Bertz CT molecular complexity index is 1270. The number of hydrogen-bond donors (Lipinski definition) is 2. The number of cyclic esters (lactones) is 1. The molecule has 3 heterocycles. The number of carbonyl (C=O) groups is 3. The smallest absolute Gasteiger partial charge is 0.333 e. The highest BCUT2D eigenvalue weighted by Crippen LogP contribution is 2.79. The summed E-state index contributed by atoms with van der Waals surface area (Å²) < 4.78 is 24.5. The molecule has 3 aliphatic heterocycles. The summed E-state index contributed by atoms with van der Waals surface area (Å²) in [5.41, 5.74) is -3.64. The number of rotatable bonds is 3. The zero-order chi connectivity index (χ0) is 28.1. The minimum absolute atomic E-state index is 0.101. The van der Waals surface area contributed by atoms with Crippen LogP contribution in [0, 0.1) is 28.6 Å². The second-order valence-electron chi connectivity index (χ2n) is 13.6. The Balaban J connectivity index is 1.32. The Morgan fingerprint density at radius 2 is 1.90 bits per heavy atom. The molecule has 2 saturated heterocycles. The minimum atomic E-state index is -1.51. The fourth-order valence-corrected chi connectivity index (χ4v) is 10.3. The molecule has 1 spiro atoms. The van der Waals surface area contributed by atoms with Crippen LogP contribution in [-0.4, -0.2) is 75.3 Å². The number of carbonyl (C=O) groups excluding carboxylic acids is 3. The molecule has 39 heavy (non-hydrogen) atoms. The quantitative estimate of drug-likeness (QED) is 0.406. The maximum Gasteiger partial charge on any atom is 0.333 e. The van der Waals surface area contributed by atoms with Crippen LogP contribution < -0.4 is 0 Å². The molecule has 0 bridgehead atoms. The van der Waals surface area contributed by atoms with E-state index in [-0.39, 0.29) is 23.6 Å². The maximum absolute atomic E-state index is 13.5. The number of aliphatic hydroxyl groups excluding tert-OH is 1. The maximum atomic E-state index is 13.5. The molecule has 0 radical (unpaired) electrons. The summed E-state index contributed by atoms with van der Waals surface area (Å²) in [6, 6.07) is 0. The van der Waals surface area contributed by atoms with Crippen molar-refractivity contribution in [2.45, 2.75) is 115 Å². The lowest BCUT2D eigenvalue weighted by molar-refractivity contribution is -0.262. The van der Waals surface area contributed by atoms with E-state index in [2.05, 4.69) is 0 Å². The Morgan fingerprint density at radius 3 is 2.56 bits per heavy atom. The second-order valence-corrected chi connectivity index (χ2v) is 13.6. The lowest BCUT2D eigenvalue weighted by atomic mass is 9.42. The summed E-state index contributed by atoms with van der Waals surface area (Å²) >= 11 is 0. The second kappa shape index (κ2) is 7.41. The van der Waals surface area contributed by atoms with Crippen LogP contribution in [0.2, 0.25) is 0 Å². The van der Waals surface area contributed by atoms with Crippen LogP contribution in [0.1, 0.15) is 67.2 Å². The number of ketones is 1. The monoisotopic (exact) mass is 542 g/mol. The van der Waals surface area contributed by atoms with Crippen LogP contribution in [0.15, 0.2) is 23.3 Å². The fourth-order valence-electron chi connectivity index (χ4n) is 10.3. The van der Waals surface area contributed by atoms with Crippen molar-refractivity contribution in [2.75, 3.05) is 0 Å². The molecule has 4 aliphatic carbocycles. The van der Waals surface area contributed by atoms with Crippen LogP contribution in [0.25, 0.3) is 0 Å². The molecule has 3 saturated carbocycles. The van der Waals surface area contributed by atoms with Gasteiger partial charge >= 0.3 is 11.9 Å². The van der Waals surface area contributed by atoms with Crippen molar-refractivity contribution >= 4 is 17.7 Å². The molecule has 13 atom stereocenters. The van der Waals surface area contributed by atoms with Crippen LogP contribution in [0.4, 0.5) is 0 Å². The van der Waals surface area contributed by atoms with E-state index in [0.717, 1.165) is 5.57 Å². The highest BCUT2D eigenvalue weighted by Gasteiger charge is 2.92. The van der Waals surface area contributed by atoms with E-state index in [4.69, 9.17) is 18.9 Å². The molecule has 2 unspecified atom stereocenters. The largest absolute Gasteiger partial charge is 0.458 e. The summed E-state index contributed by atoms with van der Waals surface area (Å²) in [7, 11) is 0. The van der Waals surface area contributed by atoms with E-state index in [0.29, 0.717) is 31.3 Å². The third-order valence-corrected chi connectivity index (χ3v) is 12.5. The molecule has 9 nitrogen and oxygen atoms in total. The number of ether oxygens (including phenoxy) is 4. The number of esters is 2. The average Bonchev–Trinajstić information content (AvgIpc) is 3.78. The van der Waals surface area contributed by atoms with Gasteiger partial charge in [-0.2, -0.15) is 0 Å². The fraction of sp³-hybridized carbons (Fsp3) is 0.767. The molecule has 2 N–H and O–H groups in total. The van der Waals surface area contributed by atoms with E-state index in [1.807, 2.05) is 27.7 Å². The highest BCUT2D eigenvalue weighted by atomic mass is 16.7. The van der Waals surface area contributed by atoms with Gasteiger partial charge in [0.15, 0.2) is 11.9 Å². The third-order valence-electron chi connectivity index (χ3n) is 12.5. The molecule has 0 aromatic carbocycles. The predicted octanol–water partition coefficient (Wildman–Crippen LogP) is 2.17. The highest BCUT2D eigenvalue weighted by molar-refractivity contribution is 5.98. The first-order valence-electron chi connectivity index (χ1n) is 14.2. The molecule has 7 aliphatic rings. The first kappa shape index (κ1) is 25.9. The van der Waals surface area contributed by atoms with Gasteiger partial charge in [-0.05, 0) is 64.0 Å². The van der Waals surface area contributed by atoms with Gasteiger partial charge in [-0.15, -0.1) is 0 Å². The Morgan fingerprint density at radius 1 is 1.18 bits per heavy atom. The number of epoxide rings is 2. The van der Waals surface area contributed by atoms with Gasteiger partial charge in [0, 0.05) is 30.3 Å². The van der Waals surface area contributed by atoms with Gasteiger partial charge in [0.25, 0.3) is 0 Å². The van der Waals surface area contributed by atoms with E-state index in [1.54, 1.807) is 6.92 Å². The SMILES string of the molecule is CC(=O)O[C@H]1[C@@H]2O[C@]2([C@H](C)[C@H]2CC(C)=C(C)C(=O)O2)[C@@]2(C)CCC3C(C[C@H]4O[C@]45[C@@H](O)C=CC(=O)[C@]35C)[C@@]12O. The normalized spacial score (nSPS) is 55.4. The van der Waals surface area contributed by atoms with Gasteiger partial charge in [0.2, 0.25) is 0 Å². The van der Waals surface area contributed by atoms with E-state index in [9.17, 15) is 24.6 Å². The third kappa shape index (κ3) is 2.61. The zero-order valence-electron chi connectivity index (χ0n) is 23.4. The molecule has 0 aromatic rings. The first-order valence-corrected chi connectivity index (χ1v) is 14.2. The van der Waals surface area contributed by atoms with Crippen LogP contribution in [0.3, 0.4) is 0 Å². The first-order chi connectivity index (χ1) is 18.2. The van der Waals surface area contributed by atoms with Crippen molar-refractivity contribution in [3.8, 4) is 0 Å². The van der Waals surface area contributed by atoms with Crippen molar-refractivity contribution in [1.82, 2.24) is 0 Å². The van der Waals surface area contributed by atoms with Crippen molar-refractivity contribution in [1.29, 1.82) is 0 Å². The van der Waals surface area contributed by atoms with Gasteiger partial charge in [-0.3, -0.25) is 9.59 Å². The molecule has 7 rings (SSSR count). The van der Waals surface area contributed by atoms with Gasteiger partial charge in [-0.1, -0.05) is 19.4 Å². The summed E-state index contributed by atoms with van der Waals surface area (Å²) in [6.07, 6.45) is 1.88. The average molecular weight is 543 g/mol. The summed E-state index contributed by atoms with van der Waals surface area (Å²) in [5.74, 6) is -1.94. The molecule has 0 aromatic heterocycles. The van der Waals surface area contributed by atoms with Crippen molar-refractivity contribution < 1.29 is 43.5 Å². The molecule has 212 valence electrons. The minimum Gasteiger partial charge on any atom is -0.458 e. The van der Waals surface area contributed by atoms with E-state index >= 15 is 0 Å². The zero-order valence-corrected chi connectivity index (χ0v) is 23.4. The number of fused-ring (bicyclic) bond motifs is 6. The molecular formula is C30H38O9. The Kier molecular flexibility index (Phi) is 4.91.